The van der Waals surface area contributed by atoms with Gasteiger partial charge in [-0.1, -0.05) is 0 Å². The maximum absolute atomic E-state index is 2.63. The Labute approximate surface area is 158 Å². The molecule has 1 heterocycles. The van der Waals surface area contributed by atoms with Crippen LogP contribution in [0.1, 0.15) is 37.3 Å². The molecule has 0 saturated carbocycles. The zero-order valence-corrected chi connectivity index (χ0v) is 18.6. The van der Waals surface area contributed by atoms with Gasteiger partial charge in [0.15, 0.2) is 0 Å². The molecule has 1 aromatic rings. The van der Waals surface area contributed by atoms with Gasteiger partial charge in [-0.15, -0.1) is 0 Å². The van der Waals surface area contributed by atoms with Crippen molar-refractivity contribution < 1.29 is 47.7 Å². The van der Waals surface area contributed by atoms with Crippen molar-refractivity contribution in [2.24, 2.45) is 0 Å². The van der Waals surface area contributed by atoms with E-state index in [0.29, 0.717) is 2.91 Å². The fourth-order valence-corrected chi connectivity index (χ4v) is 18.9. The molecule has 0 saturated heterocycles. The first-order valence-corrected chi connectivity index (χ1v) is 12.7. The average molecular weight is 516 g/mol. The summed E-state index contributed by atoms with van der Waals surface area (Å²) in [7, 11) is 0.0291. The number of hydrogen-bond acceptors (Lipinski definition) is 0. The molecule has 4 rings (SSSR count). The minimum absolute atomic E-state index is 0. The van der Waals surface area contributed by atoms with Gasteiger partial charge in [0.2, 0.25) is 0 Å². The maximum atomic E-state index is 2.63. The predicted octanol–water partition coefficient (Wildman–Crippen LogP) is -0.576. The molecule has 3 aliphatic rings. The molecule has 0 nitrogen and oxygen atoms in total. The Morgan fingerprint density at radius 3 is 2.82 bits per heavy atom. The van der Waals surface area contributed by atoms with E-state index in [2.05, 4.69) is 55.5 Å². The standard InChI is InChI=1S/C18H19P.2ClH.Hf/c1-2-3-14-19(16-9-5-6-10-16)18-13-12-15-8-4-7-11-17(15)18;;;/h4-5,7-9,11-13H,2-3,6,14H2,1H3;2*1H;/q;;;+2/p-2. The summed E-state index contributed by atoms with van der Waals surface area (Å²) in [6.07, 6.45) is 15.5. The Hall–Kier alpha value is 0.320. The van der Waals surface area contributed by atoms with Crippen molar-refractivity contribution in [3.8, 4) is 0 Å². The molecule has 1 spiro atoms. The van der Waals surface area contributed by atoms with Gasteiger partial charge in [0.25, 0.3) is 0 Å². The van der Waals surface area contributed by atoms with Crippen molar-refractivity contribution >= 4 is 14.0 Å². The first-order chi connectivity index (χ1) is 9.85. The second-order valence-corrected chi connectivity index (χ2v) is 15.7. The van der Waals surface area contributed by atoms with Gasteiger partial charge in [0.1, 0.15) is 0 Å². The van der Waals surface area contributed by atoms with Crippen LogP contribution in [-0.2, 0) is 25.8 Å². The molecule has 0 aromatic heterocycles. The van der Waals surface area contributed by atoms with Crippen LogP contribution in [0.15, 0.2) is 51.1 Å². The van der Waals surface area contributed by atoms with Gasteiger partial charge in [-0.25, -0.2) is 0 Å². The molecule has 1 aromatic carbocycles. The van der Waals surface area contributed by atoms with Crippen molar-refractivity contribution in [3.05, 3.63) is 62.3 Å². The Morgan fingerprint density at radius 1 is 1.18 bits per heavy atom. The van der Waals surface area contributed by atoms with Crippen LogP contribution in [-0.4, -0.2) is 6.16 Å². The van der Waals surface area contributed by atoms with Gasteiger partial charge in [-0.3, -0.25) is 0 Å². The number of allylic oxidation sites excluding steroid dienone is 5. The van der Waals surface area contributed by atoms with Crippen molar-refractivity contribution in [1.82, 2.24) is 0 Å². The monoisotopic (exact) mass is 516 g/mol. The van der Waals surface area contributed by atoms with Crippen molar-refractivity contribution in [1.29, 1.82) is 0 Å². The Bertz CT molecular complexity index is 650. The summed E-state index contributed by atoms with van der Waals surface area (Å²) in [5, 5.41) is 1.82. The Morgan fingerprint density at radius 2 is 2.00 bits per heavy atom. The Balaban J connectivity index is 0.000000882. The van der Waals surface area contributed by atoms with Crippen LogP contribution in [0.2, 0.25) is 0 Å². The molecule has 2 atom stereocenters. The third kappa shape index (κ3) is 2.77. The minimum Gasteiger partial charge on any atom is -1.00 e. The zero-order valence-electron chi connectivity index (χ0n) is 12.7. The third-order valence-electron chi connectivity index (χ3n) is 4.58. The summed E-state index contributed by atoms with van der Waals surface area (Å²) in [4.78, 5) is 0. The summed E-state index contributed by atoms with van der Waals surface area (Å²) >= 11 is -0.767. The van der Waals surface area contributed by atoms with E-state index >= 15 is 0 Å². The summed E-state index contributed by atoms with van der Waals surface area (Å²) in [5.41, 5.74) is 3.20. The predicted molar refractivity (Wildman–Crippen MR) is 84.6 cm³/mol. The van der Waals surface area contributed by atoms with E-state index in [1.54, 1.807) is 5.56 Å². The summed E-state index contributed by atoms with van der Waals surface area (Å²) in [6, 6.07) is 9.19. The van der Waals surface area contributed by atoms with Gasteiger partial charge in [0.05, 0.1) is 0 Å². The Kier molecular flexibility index (Phi) is 6.34. The molecule has 0 amide bonds. The first kappa shape index (κ1) is 18.7. The summed E-state index contributed by atoms with van der Waals surface area (Å²) in [5.74, 6) is 0. The number of hydrogen-bond donors (Lipinski definition) is 0. The molecule has 0 radical (unpaired) electrons. The van der Waals surface area contributed by atoms with Gasteiger partial charge in [-0.05, 0) is 0 Å². The normalized spacial score (nSPS) is 26.1. The maximum Gasteiger partial charge on any atom is -1.00 e. The number of rotatable bonds is 3. The van der Waals surface area contributed by atoms with E-state index in [-0.39, 0.29) is 32.7 Å². The molecule has 0 N–H and O–H groups in total. The van der Waals surface area contributed by atoms with Crippen LogP contribution in [0.25, 0.3) is 6.08 Å². The van der Waals surface area contributed by atoms with E-state index in [1.807, 2.05) is 8.64 Å². The van der Waals surface area contributed by atoms with Crippen LogP contribution >= 0.6 is 7.92 Å². The molecular formula is C18H19Cl2HfP. The van der Waals surface area contributed by atoms with Gasteiger partial charge >= 0.3 is 134 Å². The smallest absolute Gasteiger partial charge is 1.00 e. The van der Waals surface area contributed by atoms with Crippen LogP contribution in [0.4, 0.5) is 0 Å². The van der Waals surface area contributed by atoms with E-state index in [0.717, 1.165) is 0 Å². The molecule has 0 fully saturated rings. The van der Waals surface area contributed by atoms with E-state index in [4.69, 9.17) is 0 Å². The van der Waals surface area contributed by atoms with E-state index in [9.17, 15) is 0 Å². The largest absolute Gasteiger partial charge is 1.00 e. The van der Waals surface area contributed by atoms with Gasteiger partial charge in [0, 0.05) is 0 Å². The number of benzene rings is 1. The SMILES string of the molecule is CCCCP1C2=[C](CC=C2)[Hf+2][C]12C=Cc1ccccc12.[Cl-].[Cl-]. The van der Waals surface area contributed by atoms with Gasteiger partial charge < -0.3 is 24.8 Å². The molecule has 114 valence electrons. The van der Waals surface area contributed by atoms with E-state index < -0.39 is 22.9 Å². The fourth-order valence-electron chi connectivity index (χ4n) is 3.60. The third-order valence-corrected chi connectivity index (χ3v) is 17.9. The molecule has 22 heavy (non-hydrogen) atoms. The van der Waals surface area contributed by atoms with E-state index in [1.165, 1.54) is 31.0 Å². The molecular weight excluding hydrogens is 497 g/mol. The molecule has 4 heteroatoms. The number of fused-ring (bicyclic) bond motifs is 2. The minimum atomic E-state index is -0.767. The quantitative estimate of drug-likeness (QED) is 0.374. The van der Waals surface area contributed by atoms with Gasteiger partial charge in [-0.2, -0.15) is 0 Å². The number of unbranched alkanes of at least 4 members (excludes halogenated alkanes) is 1. The van der Waals surface area contributed by atoms with Crippen molar-refractivity contribution in [3.63, 3.8) is 0 Å². The van der Waals surface area contributed by atoms with Crippen LogP contribution in [0, 0.1) is 0 Å². The topological polar surface area (TPSA) is 0 Å². The zero-order chi connectivity index (χ0) is 13.6. The molecule has 2 unspecified atom stereocenters. The number of halogens is 2. The fraction of sp³-hybridized carbons (Fsp3) is 0.333. The van der Waals surface area contributed by atoms with Crippen LogP contribution in [0.3, 0.4) is 0 Å². The summed E-state index contributed by atoms with van der Waals surface area (Å²) < 4.78 is 2.46. The van der Waals surface area contributed by atoms with Crippen molar-refractivity contribution in [2.45, 2.75) is 29.1 Å². The molecule has 0 bridgehead atoms. The summed E-state index contributed by atoms with van der Waals surface area (Å²) in [6.45, 7) is 2.33. The molecule has 1 aliphatic heterocycles. The van der Waals surface area contributed by atoms with Crippen LogP contribution in [0.5, 0.6) is 0 Å². The molecule has 2 aliphatic carbocycles. The van der Waals surface area contributed by atoms with Crippen LogP contribution < -0.4 is 24.8 Å². The first-order valence-electron chi connectivity index (χ1n) is 7.59. The second-order valence-electron chi connectivity index (χ2n) is 5.79. The average Bonchev–Trinajstić information content (AvgIpc) is 3.13. The van der Waals surface area contributed by atoms with Crippen molar-refractivity contribution in [2.75, 3.05) is 6.16 Å². The second kappa shape index (κ2) is 7.47.